The summed E-state index contributed by atoms with van der Waals surface area (Å²) in [7, 11) is 0. The minimum atomic E-state index is -4.56. The van der Waals surface area contributed by atoms with E-state index < -0.39 is 23.2 Å². The van der Waals surface area contributed by atoms with Crippen molar-refractivity contribution in [2.45, 2.75) is 20.0 Å². The van der Waals surface area contributed by atoms with Crippen LogP contribution in [0.25, 0.3) is 0 Å². The number of pyridine rings is 1. The SMILES string of the molecule is CC1(C)CNC(=O)N(CCOc2ncc(C(F)(F)F)cc2Cl)C1=O. The lowest BCUT2D eigenvalue weighted by Crippen LogP contribution is -2.59. The molecule has 0 aliphatic carbocycles. The van der Waals surface area contributed by atoms with Gasteiger partial charge in [-0.05, 0) is 19.9 Å². The van der Waals surface area contributed by atoms with E-state index in [4.69, 9.17) is 16.3 Å². The molecule has 24 heavy (non-hydrogen) atoms. The first-order valence-electron chi connectivity index (χ1n) is 6.98. The predicted octanol–water partition coefficient (Wildman–Crippen LogP) is 2.71. The maximum atomic E-state index is 12.5. The largest absolute Gasteiger partial charge is 0.475 e. The smallest absolute Gasteiger partial charge is 0.417 e. The molecule has 1 N–H and O–H groups in total. The Morgan fingerprint density at radius 1 is 1.42 bits per heavy atom. The summed E-state index contributed by atoms with van der Waals surface area (Å²) in [6.45, 7) is 3.39. The summed E-state index contributed by atoms with van der Waals surface area (Å²) >= 11 is 5.71. The number of ether oxygens (including phenoxy) is 1. The third-order valence-electron chi connectivity index (χ3n) is 3.44. The first kappa shape index (κ1) is 18.3. The van der Waals surface area contributed by atoms with Gasteiger partial charge in [0.1, 0.15) is 11.6 Å². The quantitative estimate of drug-likeness (QED) is 0.890. The van der Waals surface area contributed by atoms with Gasteiger partial charge < -0.3 is 10.1 Å². The maximum Gasteiger partial charge on any atom is 0.417 e. The highest BCUT2D eigenvalue weighted by Crippen LogP contribution is 2.33. The molecular formula is C14H15ClF3N3O3. The van der Waals surface area contributed by atoms with Crippen LogP contribution in [0.4, 0.5) is 18.0 Å². The van der Waals surface area contributed by atoms with Crippen LogP contribution in [0.15, 0.2) is 12.3 Å². The van der Waals surface area contributed by atoms with Crippen LogP contribution >= 0.6 is 11.6 Å². The van der Waals surface area contributed by atoms with Gasteiger partial charge in [0.15, 0.2) is 0 Å². The molecule has 0 aromatic carbocycles. The summed E-state index contributed by atoms with van der Waals surface area (Å²) in [4.78, 5) is 28.4. The van der Waals surface area contributed by atoms with E-state index >= 15 is 0 Å². The molecule has 132 valence electrons. The third-order valence-corrected chi connectivity index (χ3v) is 3.71. The zero-order valence-corrected chi connectivity index (χ0v) is 13.7. The molecule has 1 aliphatic heterocycles. The molecule has 2 heterocycles. The Morgan fingerprint density at radius 2 is 2.08 bits per heavy atom. The van der Waals surface area contributed by atoms with E-state index in [1.54, 1.807) is 13.8 Å². The lowest BCUT2D eigenvalue weighted by Gasteiger charge is -2.35. The van der Waals surface area contributed by atoms with Crippen LogP contribution in [-0.2, 0) is 11.0 Å². The first-order chi connectivity index (χ1) is 11.0. The number of alkyl halides is 3. The Balaban J connectivity index is 1.99. The van der Waals surface area contributed by atoms with E-state index in [2.05, 4.69) is 10.3 Å². The van der Waals surface area contributed by atoms with Crippen molar-refractivity contribution < 1.29 is 27.5 Å². The van der Waals surface area contributed by atoms with Gasteiger partial charge in [-0.1, -0.05) is 11.6 Å². The van der Waals surface area contributed by atoms with Crippen LogP contribution in [0.3, 0.4) is 0 Å². The van der Waals surface area contributed by atoms with Gasteiger partial charge in [0.25, 0.3) is 0 Å². The summed E-state index contributed by atoms with van der Waals surface area (Å²) in [6, 6.07) is 0.153. The van der Waals surface area contributed by atoms with Crippen molar-refractivity contribution in [3.63, 3.8) is 0 Å². The van der Waals surface area contributed by atoms with Crippen LogP contribution in [0.5, 0.6) is 5.88 Å². The fourth-order valence-corrected chi connectivity index (χ4v) is 2.27. The zero-order chi connectivity index (χ0) is 18.1. The number of carbonyl (C=O) groups is 2. The van der Waals surface area contributed by atoms with E-state index in [0.29, 0.717) is 12.3 Å². The fourth-order valence-electron chi connectivity index (χ4n) is 2.05. The van der Waals surface area contributed by atoms with Crippen LogP contribution in [0.1, 0.15) is 19.4 Å². The summed E-state index contributed by atoms with van der Waals surface area (Å²) < 4.78 is 42.8. The number of halogens is 4. The van der Waals surface area contributed by atoms with Gasteiger partial charge in [-0.3, -0.25) is 9.69 Å². The Morgan fingerprint density at radius 3 is 2.67 bits per heavy atom. The minimum absolute atomic E-state index is 0.0763. The molecule has 0 unspecified atom stereocenters. The van der Waals surface area contributed by atoms with Gasteiger partial charge in [-0.25, -0.2) is 9.78 Å². The standard InChI is InChI=1S/C14H15ClF3N3O3/c1-13(2)7-20-12(23)21(11(13)22)3-4-24-10-9(15)5-8(6-19-10)14(16,17)18/h5-6H,3-4,7H2,1-2H3,(H,20,23). The first-order valence-corrected chi connectivity index (χ1v) is 7.35. The van der Waals surface area contributed by atoms with Crippen LogP contribution in [0.2, 0.25) is 5.02 Å². The molecule has 1 aromatic rings. The number of nitrogens with one attached hydrogen (secondary N) is 1. The van der Waals surface area contributed by atoms with Crippen molar-refractivity contribution in [2.75, 3.05) is 19.7 Å². The topological polar surface area (TPSA) is 71.5 Å². The predicted molar refractivity (Wildman–Crippen MR) is 78.6 cm³/mol. The highest BCUT2D eigenvalue weighted by molar-refractivity contribution is 6.31. The molecule has 3 amide bonds. The second kappa shape index (κ2) is 6.46. The van der Waals surface area contributed by atoms with Crippen LogP contribution in [0, 0.1) is 5.41 Å². The highest BCUT2D eigenvalue weighted by atomic mass is 35.5. The van der Waals surface area contributed by atoms with Gasteiger partial charge >= 0.3 is 12.2 Å². The lowest BCUT2D eigenvalue weighted by atomic mass is 9.90. The molecule has 0 bridgehead atoms. The minimum Gasteiger partial charge on any atom is -0.475 e. The molecule has 1 aliphatic rings. The van der Waals surface area contributed by atoms with Gasteiger partial charge in [0.2, 0.25) is 11.8 Å². The van der Waals surface area contributed by atoms with Gasteiger partial charge in [-0.15, -0.1) is 0 Å². The van der Waals surface area contributed by atoms with E-state index in [-0.39, 0.29) is 36.5 Å². The molecule has 10 heteroatoms. The van der Waals surface area contributed by atoms with Crippen molar-refractivity contribution in [3.05, 3.63) is 22.8 Å². The molecular weight excluding hydrogens is 351 g/mol. The molecule has 0 saturated carbocycles. The normalized spacial score (nSPS) is 17.7. The number of amides is 3. The van der Waals surface area contributed by atoms with Crippen molar-refractivity contribution in [2.24, 2.45) is 5.41 Å². The van der Waals surface area contributed by atoms with Gasteiger partial charge in [-0.2, -0.15) is 13.2 Å². The van der Waals surface area contributed by atoms with Gasteiger partial charge in [0.05, 0.1) is 17.5 Å². The van der Waals surface area contributed by atoms with E-state index in [0.717, 1.165) is 4.90 Å². The number of imide groups is 1. The Hall–Kier alpha value is -2.03. The molecule has 2 rings (SSSR count). The summed E-state index contributed by atoms with van der Waals surface area (Å²) in [5.74, 6) is -0.560. The van der Waals surface area contributed by atoms with E-state index in [9.17, 15) is 22.8 Å². The maximum absolute atomic E-state index is 12.5. The zero-order valence-electron chi connectivity index (χ0n) is 12.9. The number of urea groups is 1. The number of hydrogen-bond acceptors (Lipinski definition) is 4. The number of rotatable bonds is 4. The van der Waals surface area contributed by atoms with Crippen LogP contribution in [-0.4, -0.2) is 41.5 Å². The summed E-state index contributed by atoms with van der Waals surface area (Å²) in [5.41, 5.74) is -1.73. The average molecular weight is 366 g/mol. The number of nitrogens with zero attached hydrogens (tertiary/aromatic N) is 2. The van der Waals surface area contributed by atoms with Crippen molar-refractivity contribution in [1.29, 1.82) is 0 Å². The number of aromatic nitrogens is 1. The monoisotopic (exact) mass is 365 g/mol. The number of hydrogen-bond donors (Lipinski definition) is 1. The van der Waals surface area contributed by atoms with Gasteiger partial charge in [0, 0.05) is 12.7 Å². The Kier molecular flexibility index (Phi) is 4.93. The fraction of sp³-hybridized carbons (Fsp3) is 0.500. The average Bonchev–Trinajstić information content (AvgIpc) is 2.47. The Labute approximate surface area is 140 Å². The highest BCUT2D eigenvalue weighted by Gasteiger charge is 2.40. The third kappa shape index (κ3) is 3.89. The molecule has 1 aromatic heterocycles. The van der Waals surface area contributed by atoms with Crippen LogP contribution < -0.4 is 10.1 Å². The molecule has 0 radical (unpaired) electrons. The molecule has 0 spiro atoms. The molecule has 0 atom stereocenters. The molecule has 6 nitrogen and oxygen atoms in total. The Bertz CT molecular complexity index is 664. The van der Waals surface area contributed by atoms with Crippen molar-refractivity contribution in [1.82, 2.24) is 15.2 Å². The number of carbonyl (C=O) groups excluding carboxylic acids is 2. The lowest BCUT2D eigenvalue weighted by molar-refractivity contribution is -0.139. The van der Waals surface area contributed by atoms with Crippen molar-refractivity contribution >= 4 is 23.5 Å². The summed E-state index contributed by atoms with van der Waals surface area (Å²) in [5, 5.41) is 2.27. The van der Waals surface area contributed by atoms with E-state index in [1.807, 2.05) is 0 Å². The van der Waals surface area contributed by atoms with E-state index in [1.165, 1.54) is 0 Å². The molecule has 1 saturated heterocycles. The second-order valence-corrected chi connectivity index (χ2v) is 6.26. The summed E-state index contributed by atoms with van der Waals surface area (Å²) in [6.07, 6.45) is -3.96. The van der Waals surface area contributed by atoms with Crippen molar-refractivity contribution in [3.8, 4) is 5.88 Å². The second-order valence-electron chi connectivity index (χ2n) is 5.86. The molecule has 1 fully saturated rings.